The molecule has 0 aliphatic rings. The van der Waals surface area contributed by atoms with Crippen LogP contribution < -0.4 is 0 Å². The van der Waals surface area contributed by atoms with Gasteiger partial charge in [-0.3, -0.25) is 0 Å². The zero-order chi connectivity index (χ0) is 14.7. The first kappa shape index (κ1) is 14.0. The van der Waals surface area contributed by atoms with Crippen molar-refractivity contribution in [1.82, 2.24) is 15.0 Å². The molecule has 0 radical (unpaired) electrons. The normalized spacial score (nSPS) is 11.1. The van der Waals surface area contributed by atoms with E-state index in [2.05, 4.69) is 21.9 Å². The minimum atomic E-state index is 0.696. The lowest BCUT2D eigenvalue weighted by atomic mass is 10.2. The lowest BCUT2D eigenvalue weighted by Crippen LogP contribution is -1.90. The molecule has 3 aromatic heterocycles. The summed E-state index contributed by atoms with van der Waals surface area (Å²) in [7, 11) is 0. The predicted octanol–water partition coefficient (Wildman–Crippen LogP) is 3.31. The van der Waals surface area contributed by atoms with E-state index >= 15 is 0 Å². The van der Waals surface area contributed by atoms with E-state index in [0.717, 1.165) is 48.1 Å². The first-order chi connectivity index (χ1) is 10.2. The van der Waals surface area contributed by atoms with E-state index < -0.39 is 0 Å². The van der Waals surface area contributed by atoms with Crippen molar-refractivity contribution in [3.8, 4) is 0 Å². The van der Waals surface area contributed by atoms with Crippen LogP contribution >= 0.6 is 11.3 Å². The highest BCUT2D eigenvalue weighted by molar-refractivity contribution is 7.11. The highest BCUT2D eigenvalue weighted by Gasteiger charge is 2.08. The van der Waals surface area contributed by atoms with Crippen molar-refractivity contribution >= 4 is 11.3 Å². The first-order valence-electron chi connectivity index (χ1n) is 6.95. The molecule has 0 saturated carbocycles. The Kier molecular flexibility index (Phi) is 4.15. The highest BCUT2D eigenvalue weighted by atomic mass is 32.1. The van der Waals surface area contributed by atoms with Crippen molar-refractivity contribution in [2.24, 2.45) is 0 Å². The Morgan fingerprint density at radius 2 is 1.62 bits per heavy atom. The number of nitrogens with zero attached hydrogens (tertiary/aromatic N) is 3. The highest BCUT2D eigenvalue weighted by Crippen LogP contribution is 2.15. The molecule has 0 spiro atoms. The smallest absolute Gasteiger partial charge is 0.194 e. The van der Waals surface area contributed by atoms with E-state index in [9.17, 15) is 0 Å². The summed E-state index contributed by atoms with van der Waals surface area (Å²) in [5.41, 5.74) is 0. The van der Waals surface area contributed by atoms with Crippen LogP contribution in [0.4, 0.5) is 0 Å². The van der Waals surface area contributed by atoms with Crippen LogP contribution in [0.3, 0.4) is 0 Å². The maximum absolute atomic E-state index is 5.74. The van der Waals surface area contributed by atoms with Gasteiger partial charge in [0.15, 0.2) is 11.8 Å². The van der Waals surface area contributed by atoms with Crippen molar-refractivity contribution in [1.29, 1.82) is 0 Å². The zero-order valence-electron chi connectivity index (χ0n) is 12.1. The Bertz CT molecular complexity index is 655. The fraction of sp³-hybridized carbons (Fsp3) is 0.400. The summed E-state index contributed by atoms with van der Waals surface area (Å²) >= 11 is 1.72. The maximum Gasteiger partial charge on any atom is 0.194 e. The molecule has 6 heteroatoms. The van der Waals surface area contributed by atoms with Gasteiger partial charge in [0, 0.05) is 43.7 Å². The van der Waals surface area contributed by atoms with E-state index in [4.69, 9.17) is 8.83 Å². The average Bonchev–Trinajstić information content (AvgIpc) is 3.16. The van der Waals surface area contributed by atoms with Crippen LogP contribution in [0.1, 0.15) is 33.2 Å². The van der Waals surface area contributed by atoms with Gasteiger partial charge in [0.25, 0.3) is 0 Å². The molecule has 3 rings (SSSR count). The second-order valence-corrected chi connectivity index (χ2v) is 6.25. The van der Waals surface area contributed by atoms with Gasteiger partial charge in [-0.25, -0.2) is 15.0 Å². The predicted molar refractivity (Wildman–Crippen MR) is 79.4 cm³/mol. The Morgan fingerprint density at radius 1 is 0.857 bits per heavy atom. The molecule has 3 heterocycles. The van der Waals surface area contributed by atoms with Gasteiger partial charge in [0.2, 0.25) is 0 Å². The minimum Gasteiger partial charge on any atom is -0.446 e. The Hall–Kier alpha value is -1.95. The van der Waals surface area contributed by atoms with E-state index in [0.29, 0.717) is 5.89 Å². The van der Waals surface area contributed by atoms with Crippen molar-refractivity contribution in [2.75, 3.05) is 0 Å². The van der Waals surface area contributed by atoms with E-state index in [1.807, 2.05) is 13.1 Å². The molecule has 0 atom stereocenters. The molecule has 21 heavy (non-hydrogen) atoms. The monoisotopic (exact) mass is 303 g/mol. The molecule has 3 aromatic rings. The molecular formula is C15H17N3O2S. The Morgan fingerprint density at radius 3 is 2.29 bits per heavy atom. The second kappa shape index (κ2) is 6.22. The van der Waals surface area contributed by atoms with Gasteiger partial charge in [0.05, 0.1) is 17.4 Å². The van der Waals surface area contributed by atoms with E-state index in [-0.39, 0.29) is 0 Å². The summed E-state index contributed by atoms with van der Waals surface area (Å²) in [6, 6.07) is 0. The molecule has 5 nitrogen and oxygen atoms in total. The van der Waals surface area contributed by atoms with Crippen LogP contribution in [0.25, 0.3) is 0 Å². The molecule has 0 aromatic carbocycles. The Balaban J connectivity index is 1.51. The maximum atomic E-state index is 5.74. The summed E-state index contributed by atoms with van der Waals surface area (Å²) in [6.07, 6.45) is 8.68. The molecule has 0 aliphatic heterocycles. The molecule has 0 amide bonds. The summed E-state index contributed by atoms with van der Waals surface area (Å²) < 4.78 is 11.2. The van der Waals surface area contributed by atoms with Gasteiger partial charge >= 0.3 is 0 Å². The number of aromatic nitrogens is 3. The van der Waals surface area contributed by atoms with Gasteiger partial charge in [-0.15, -0.1) is 11.3 Å². The lowest BCUT2D eigenvalue weighted by molar-refractivity contribution is 0.435. The number of hydrogen-bond acceptors (Lipinski definition) is 6. The first-order valence-corrected chi connectivity index (χ1v) is 7.77. The summed E-state index contributed by atoms with van der Waals surface area (Å²) in [4.78, 5) is 14.0. The van der Waals surface area contributed by atoms with Gasteiger partial charge in [-0.05, 0) is 6.92 Å². The van der Waals surface area contributed by atoms with Gasteiger partial charge in [0.1, 0.15) is 11.5 Å². The minimum absolute atomic E-state index is 0.696. The zero-order valence-corrected chi connectivity index (χ0v) is 12.9. The molecule has 0 N–H and O–H groups in total. The standard InChI is InChI=1S/C15H17N3O2S/c1-10-7-18-15(21-10)6-5-14-17-9-13(20-14)4-3-12-8-16-11(2)19-12/h7-9H,3-6H2,1-2H3. The molecule has 110 valence electrons. The van der Waals surface area contributed by atoms with Gasteiger partial charge in [-0.2, -0.15) is 0 Å². The number of thiazole rings is 1. The third-order valence-corrected chi connectivity index (χ3v) is 4.08. The van der Waals surface area contributed by atoms with E-state index in [1.54, 1.807) is 23.7 Å². The third kappa shape index (κ3) is 3.78. The molecular weight excluding hydrogens is 286 g/mol. The summed E-state index contributed by atoms with van der Waals surface area (Å²) in [6.45, 7) is 3.91. The van der Waals surface area contributed by atoms with Crippen LogP contribution in [0.15, 0.2) is 27.4 Å². The van der Waals surface area contributed by atoms with Crippen molar-refractivity contribution in [3.05, 3.63) is 51.8 Å². The average molecular weight is 303 g/mol. The van der Waals surface area contributed by atoms with Gasteiger partial charge < -0.3 is 8.83 Å². The largest absolute Gasteiger partial charge is 0.446 e. The van der Waals surface area contributed by atoms with Crippen LogP contribution in [0, 0.1) is 13.8 Å². The van der Waals surface area contributed by atoms with E-state index in [1.165, 1.54) is 4.88 Å². The fourth-order valence-electron chi connectivity index (χ4n) is 2.08. The summed E-state index contributed by atoms with van der Waals surface area (Å²) in [5.74, 6) is 3.23. The van der Waals surface area contributed by atoms with Crippen LogP contribution in [-0.2, 0) is 25.7 Å². The lowest BCUT2D eigenvalue weighted by Gasteiger charge is -1.94. The SMILES string of the molecule is Cc1ncc(CCc2cnc(CCc3ncc(C)s3)o2)o1. The number of oxazole rings is 2. The molecule has 0 unspecified atom stereocenters. The third-order valence-electron chi connectivity index (χ3n) is 3.11. The molecule has 0 aliphatic carbocycles. The van der Waals surface area contributed by atoms with Crippen molar-refractivity contribution in [3.63, 3.8) is 0 Å². The second-order valence-electron chi connectivity index (χ2n) is 4.93. The number of aryl methyl sites for hydroxylation is 6. The fourth-order valence-corrected chi connectivity index (χ4v) is 2.86. The van der Waals surface area contributed by atoms with Crippen LogP contribution in [0.2, 0.25) is 0 Å². The number of rotatable bonds is 6. The van der Waals surface area contributed by atoms with Crippen molar-refractivity contribution in [2.45, 2.75) is 39.5 Å². The van der Waals surface area contributed by atoms with Crippen LogP contribution in [0.5, 0.6) is 0 Å². The van der Waals surface area contributed by atoms with Gasteiger partial charge in [-0.1, -0.05) is 0 Å². The molecule has 0 bridgehead atoms. The molecule has 0 saturated heterocycles. The quantitative estimate of drug-likeness (QED) is 0.699. The topological polar surface area (TPSA) is 65.0 Å². The molecule has 0 fully saturated rings. The number of hydrogen-bond donors (Lipinski definition) is 0. The summed E-state index contributed by atoms with van der Waals surface area (Å²) in [5, 5.41) is 1.13. The van der Waals surface area contributed by atoms with Crippen LogP contribution in [-0.4, -0.2) is 15.0 Å². The Labute approximate surface area is 127 Å². The van der Waals surface area contributed by atoms with Crippen molar-refractivity contribution < 1.29 is 8.83 Å².